The summed E-state index contributed by atoms with van der Waals surface area (Å²) < 4.78 is 38.6. The highest BCUT2D eigenvalue weighted by Gasteiger charge is 2.31. The Bertz CT molecular complexity index is 725. The molecular formula is C16H16F3N3O. The van der Waals surface area contributed by atoms with Crippen LogP contribution in [-0.4, -0.2) is 28.2 Å². The maximum absolute atomic E-state index is 12.9. The van der Waals surface area contributed by atoms with Crippen LogP contribution in [0.3, 0.4) is 0 Å². The van der Waals surface area contributed by atoms with Crippen LogP contribution in [0.2, 0.25) is 0 Å². The molecule has 2 heterocycles. The second kappa shape index (κ2) is 5.72. The molecule has 0 spiro atoms. The topological polar surface area (TPSA) is 49.2 Å². The molecule has 0 atom stereocenters. The van der Waals surface area contributed by atoms with Crippen molar-refractivity contribution < 1.29 is 18.3 Å². The lowest BCUT2D eigenvalue weighted by molar-refractivity contribution is -0.137. The van der Waals surface area contributed by atoms with Crippen LogP contribution >= 0.6 is 0 Å². The summed E-state index contributed by atoms with van der Waals surface area (Å²) in [6.45, 7) is 3.47. The summed E-state index contributed by atoms with van der Waals surface area (Å²) in [6.07, 6.45) is -0.824. The van der Waals surface area contributed by atoms with Gasteiger partial charge in [-0.05, 0) is 38.0 Å². The molecule has 4 nitrogen and oxygen atoms in total. The number of rotatable bonds is 2. The molecule has 0 saturated carbocycles. The van der Waals surface area contributed by atoms with Gasteiger partial charge in [-0.25, -0.2) is 9.97 Å². The van der Waals surface area contributed by atoms with Gasteiger partial charge in [-0.2, -0.15) is 13.2 Å². The van der Waals surface area contributed by atoms with E-state index in [1.54, 1.807) is 6.92 Å². The van der Waals surface area contributed by atoms with E-state index in [4.69, 9.17) is 0 Å². The Morgan fingerprint density at radius 2 is 1.83 bits per heavy atom. The van der Waals surface area contributed by atoms with E-state index in [9.17, 15) is 18.3 Å². The van der Waals surface area contributed by atoms with Gasteiger partial charge in [-0.3, -0.25) is 0 Å². The normalized spacial score (nSPS) is 15.2. The number of anilines is 1. The molecule has 0 aliphatic carbocycles. The number of benzene rings is 1. The number of halogens is 3. The minimum absolute atomic E-state index is 0.0882. The monoisotopic (exact) mass is 323 g/mol. The predicted molar refractivity (Wildman–Crippen MR) is 80.3 cm³/mol. The number of hydrogen-bond donors (Lipinski definition) is 1. The van der Waals surface area contributed by atoms with Crippen molar-refractivity contribution >= 4 is 5.95 Å². The highest BCUT2D eigenvalue weighted by molar-refractivity contribution is 5.72. The zero-order chi connectivity index (χ0) is 16.6. The Hall–Kier alpha value is -2.31. The molecule has 0 radical (unpaired) electrons. The number of phenolic OH excluding ortho intramolecular Hbond substituents is 1. The molecule has 1 aliphatic heterocycles. The van der Waals surface area contributed by atoms with Gasteiger partial charge in [-0.15, -0.1) is 0 Å². The number of aryl methyl sites for hydroxylation is 1. The van der Waals surface area contributed by atoms with Crippen LogP contribution in [0.5, 0.6) is 5.75 Å². The Kier molecular flexibility index (Phi) is 3.87. The van der Waals surface area contributed by atoms with Gasteiger partial charge in [0.15, 0.2) is 0 Å². The van der Waals surface area contributed by atoms with Gasteiger partial charge < -0.3 is 10.0 Å². The van der Waals surface area contributed by atoms with Crippen LogP contribution in [0.1, 0.15) is 24.1 Å². The Balaban J connectivity index is 2.01. The lowest BCUT2D eigenvalue weighted by atomic mass is 10.0. The molecule has 1 aromatic carbocycles. The lowest BCUT2D eigenvalue weighted by Crippen LogP contribution is -2.20. The smallest absolute Gasteiger partial charge is 0.416 e. The van der Waals surface area contributed by atoms with E-state index in [-0.39, 0.29) is 11.3 Å². The lowest BCUT2D eigenvalue weighted by Gasteiger charge is -2.17. The first-order valence-electron chi connectivity index (χ1n) is 7.35. The molecule has 2 aromatic rings. The minimum atomic E-state index is -4.47. The van der Waals surface area contributed by atoms with E-state index in [0.29, 0.717) is 17.2 Å². The second-order valence-electron chi connectivity index (χ2n) is 5.59. The summed E-state index contributed by atoms with van der Waals surface area (Å²) in [5.41, 5.74) is 0.215. The average molecular weight is 323 g/mol. The molecule has 1 aromatic heterocycles. The highest BCUT2D eigenvalue weighted by Crippen LogP contribution is 2.37. The molecular weight excluding hydrogens is 307 g/mol. The van der Waals surface area contributed by atoms with Crippen LogP contribution in [0, 0.1) is 6.92 Å². The molecule has 0 amide bonds. The van der Waals surface area contributed by atoms with Crippen LogP contribution < -0.4 is 4.90 Å². The molecule has 0 bridgehead atoms. The number of hydrogen-bond acceptors (Lipinski definition) is 4. The van der Waals surface area contributed by atoms with Gasteiger partial charge in [-0.1, -0.05) is 0 Å². The maximum Gasteiger partial charge on any atom is 0.416 e. The van der Waals surface area contributed by atoms with Crippen LogP contribution in [0.15, 0.2) is 24.4 Å². The van der Waals surface area contributed by atoms with E-state index in [0.717, 1.165) is 44.1 Å². The third-order valence-corrected chi connectivity index (χ3v) is 3.97. The van der Waals surface area contributed by atoms with Gasteiger partial charge in [0, 0.05) is 30.4 Å². The number of aromatic hydroxyl groups is 1. The van der Waals surface area contributed by atoms with Crippen molar-refractivity contribution in [3.8, 4) is 16.9 Å². The summed E-state index contributed by atoms with van der Waals surface area (Å²) in [5, 5.41) is 9.93. The maximum atomic E-state index is 12.9. The number of aromatic nitrogens is 2. The fraction of sp³-hybridized carbons (Fsp3) is 0.375. The summed E-state index contributed by atoms with van der Waals surface area (Å²) in [5.74, 6) is 0.355. The van der Waals surface area contributed by atoms with E-state index in [2.05, 4.69) is 9.97 Å². The summed E-state index contributed by atoms with van der Waals surface area (Å²) in [7, 11) is 0. The molecule has 23 heavy (non-hydrogen) atoms. The summed E-state index contributed by atoms with van der Waals surface area (Å²) in [4.78, 5) is 10.7. The molecule has 1 aliphatic rings. The van der Waals surface area contributed by atoms with Crippen molar-refractivity contribution in [3.63, 3.8) is 0 Å². The molecule has 1 N–H and O–H groups in total. The Labute approximate surface area is 131 Å². The summed E-state index contributed by atoms with van der Waals surface area (Å²) in [6, 6.07) is 2.83. The first-order valence-corrected chi connectivity index (χ1v) is 7.35. The van der Waals surface area contributed by atoms with Crippen molar-refractivity contribution in [2.24, 2.45) is 0 Å². The number of alkyl halides is 3. The zero-order valence-electron chi connectivity index (χ0n) is 12.6. The Morgan fingerprint density at radius 3 is 2.43 bits per heavy atom. The molecule has 0 unspecified atom stereocenters. The van der Waals surface area contributed by atoms with E-state index in [1.165, 1.54) is 6.20 Å². The van der Waals surface area contributed by atoms with Crippen molar-refractivity contribution in [2.75, 3.05) is 18.0 Å². The highest BCUT2D eigenvalue weighted by atomic mass is 19.4. The van der Waals surface area contributed by atoms with E-state index in [1.807, 2.05) is 4.90 Å². The van der Waals surface area contributed by atoms with Crippen molar-refractivity contribution in [2.45, 2.75) is 25.9 Å². The van der Waals surface area contributed by atoms with Crippen molar-refractivity contribution in [1.29, 1.82) is 0 Å². The number of phenols is 1. The minimum Gasteiger partial charge on any atom is -0.507 e. The molecule has 1 saturated heterocycles. The fourth-order valence-corrected chi connectivity index (χ4v) is 2.72. The van der Waals surface area contributed by atoms with Crippen LogP contribution in [-0.2, 0) is 6.18 Å². The van der Waals surface area contributed by atoms with Crippen molar-refractivity contribution in [1.82, 2.24) is 9.97 Å². The molecule has 1 fully saturated rings. The largest absolute Gasteiger partial charge is 0.507 e. The van der Waals surface area contributed by atoms with Gasteiger partial charge in [0.05, 0.1) is 11.3 Å². The zero-order valence-corrected chi connectivity index (χ0v) is 12.6. The first-order chi connectivity index (χ1) is 10.9. The van der Waals surface area contributed by atoms with Crippen molar-refractivity contribution in [3.05, 3.63) is 35.7 Å². The quantitative estimate of drug-likeness (QED) is 0.914. The van der Waals surface area contributed by atoms with Crippen LogP contribution in [0.25, 0.3) is 11.1 Å². The fourth-order valence-electron chi connectivity index (χ4n) is 2.72. The summed E-state index contributed by atoms with van der Waals surface area (Å²) >= 11 is 0. The number of nitrogens with zero attached hydrogens (tertiary/aromatic N) is 3. The average Bonchev–Trinajstić information content (AvgIpc) is 3.01. The third kappa shape index (κ3) is 3.09. The van der Waals surface area contributed by atoms with Gasteiger partial charge in [0.1, 0.15) is 5.75 Å². The SMILES string of the molecule is Cc1nc(N2CCCC2)ncc1-c1cc(C(F)(F)F)ccc1O. The molecule has 3 rings (SSSR count). The van der Waals surface area contributed by atoms with Gasteiger partial charge >= 0.3 is 6.18 Å². The predicted octanol–water partition coefficient (Wildman–Crippen LogP) is 3.78. The molecule has 122 valence electrons. The second-order valence-corrected chi connectivity index (χ2v) is 5.59. The van der Waals surface area contributed by atoms with Gasteiger partial charge in [0.2, 0.25) is 5.95 Å². The van der Waals surface area contributed by atoms with E-state index < -0.39 is 11.7 Å². The standard InChI is InChI=1S/C16H16F3N3O/c1-10-13(9-20-15(21-10)22-6-2-3-7-22)12-8-11(16(17,18)19)4-5-14(12)23/h4-5,8-9,23H,2-3,6-7H2,1H3. The molecule has 7 heteroatoms. The van der Waals surface area contributed by atoms with E-state index >= 15 is 0 Å². The Morgan fingerprint density at radius 1 is 1.13 bits per heavy atom. The third-order valence-electron chi connectivity index (χ3n) is 3.97. The van der Waals surface area contributed by atoms with Gasteiger partial charge in [0.25, 0.3) is 0 Å². The van der Waals surface area contributed by atoms with Crippen LogP contribution in [0.4, 0.5) is 19.1 Å². The first kappa shape index (κ1) is 15.6.